The normalized spacial score (nSPS) is 14.1. The Morgan fingerprint density at radius 3 is 2.50 bits per heavy atom. The molecule has 78 valence electrons. The summed E-state index contributed by atoms with van der Waals surface area (Å²) in [6, 6.07) is 1.76. The molecular formula is C9H9BrF3N. The standard InChI is InChI=1S/C9H9BrF3N/c1-5(14)9(12,13)7-4-6(11)2-3-8(7)10/h2-5H,14H2,1H3. The van der Waals surface area contributed by atoms with Crippen LogP contribution in [0.25, 0.3) is 0 Å². The van der Waals surface area contributed by atoms with Crippen LogP contribution in [0.3, 0.4) is 0 Å². The highest BCUT2D eigenvalue weighted by Gasteiger charge is 2.38. The van der Waals surface area contributed by atoms with Crippen molar-refractivity contribution in [2.24, 2.45) is 5.73 Å². The van der Waals surface area contributed by atoms with Crippen LogP contribution < -0.4 is 5.73 Å². The van der Waals surface area contributed by atoms with Crippen LogP contribution in [-0.4, -0.2) is 6.04 Å². The molecule has 0 bridgehead atoms. The molecule has 0 aromatic heterocycles. The van der Waals surface area contributed by atoms with Crippen LogP contribution in [0.5, 0.6) is 0 Å². The minimum Gasteiger partial charge on any atom is -0.323 e. The van der Waals surface area contributed by atoms with Gasteiger partial charge in [-0.2, -0.15) is 8.78 Å². The molecule has 2 N–H and O–H groups in total. The Morgan fingerprint density at radius 1 is 1.43 bits per heavy atom. The SMILES string of the molecule is CC(N)C(F)(F)c1cc(F)ccc1Br. The Hall–Kier alpha value is -0.550. The highest BCUT2D eigenvalue weighted by atomic mass is 79.9. The second kappa shape index (κ2) is 3.90. The van der Waals surface area contributed by atoms with E-state index < -0.39 is 23.3 Å². The number of rotatable bonds is 2. The summed E-state index contributed by atoms with van der Waals surface area (Å²) in [7, 11) is 0. The molecular weight excluding hydrogens is 259 g/mol. The number of alkyl halides is 2. The van der Waals surface area contributed by atoms with E-state index in [1.165, 1.54) is 13.0 Å². The maximum Gasteiger partial charge on any atom is 0.288 e. The van der Waals surface area contributed by atoms with Crippen molar-refractivity contribution < 1.29 is 13.2 Å². The van der Waals surface area contributed by atoms with Gasteiger partial charge in [0.25, 0.3) is 5.92 Å². The lowest BCUT2D eigenvalue weighted by molar-refractivity contribution is -0.0266. The van der Waals surface area contributed by atoms with Crippen molar-refractivity contribution in [2.45, 2.75) is 18.9 Å². The fourth-order valence-corrected chi connectivity index (χ4v) is 1.51. The number of halogens is 4. The van der Waals surface area contributed by atoms with Gasteiger partial charge in [0.2, 0.25) is 0 Å². The minimum atomic E-state index is -3.24. The van der Waals surface area contributed by atoms with E-state index in [4.69, 9.17) is 5.73 Å². The highest BCUT2D eigenvalue weighted by molar-refractivity contribution is 9.10. The molecule has 14 heavy (non-hydrogen) atoms. The van der Waals surface area contributed by atoms with Crippen molar-refractivity contribution >= 4 is 15.9 Å². The van der Waals surface area contributed by atoms with Gasteiger partial charge in [-0.15, -0.1) is 0 Å². The summed E-state index contributed by atoms with van der Waals surface area (Å²) in [6.07, 6.45) is 0. The monoisotopic (exact) mass is 267 g/mol. The molecule has 1 nitrogen and oxygen atoms in total. The van der Waals surface area contributed by atoms with Crippen LogP contribution in [0.2, 0.25) is 0 Å². The maximum atomic E-state index is 13.4. The molecule has 0 amide bonds. The zero-order valence-electron chi connectivity index (χ0n) is 7.40. The van der Waals surface area contributed by atoms with E-state index in [0.29, 0.717) is 0 Å². The van der Waals surface area contributed by atoms with E-state index in [-0.39, 0.29) is 4.47 Å². The lowest BCUT2D eigenvalue weighted by Crippen LogP contribution is -2.36. The van der Waals surface area contributed by atoms with Crippen LogP contribution >= 0.6 is 15.9 Å². The molecule has 0 saturated carbocycles. The van der Waals surface area contributed by atoms with Crippen LogP contribution in [0.4, 0.5) is 13.2 Å². The Labute approximate surface area is 88.2 Å². The van der Waals surface area contributed by atoms with Gasteiger partial charge >= 0.3 is 0 Å². The summed E-state index contributed by atoms with van der Waals surface area (Å²) in [5, 5.41) is 0. The van der Waals surface area contributed by atoms with Crippen molar-refractivity contribution in [3.63, 3.8) is 0 Å². The topological polar surface area (TPSA) is 26.0 Å². The molecule has 0 saturated heterocycles. The Morgan fingerprint density at radius 2 is 2.00 bits per heavy atom. The predicted octanol–water partition coefficient (Wildman–Crippen LogP) is 3.03. The molecule has 0 fully saturated rings. The minimum absolute atomic E-state index is 0.154. The fraction of sp³-hybridized carbons (Fsp3) is 0.333. The van der Waals surface area contributed by atoms with E-state index in [1.807, 2.05) is 0 Å². The summed E-state index contributed by atoms with van der Waals surface area (Å²) < 4.78 is 39.7. The predicted molar refractivity (Wildman–Crippen MR) is 51.6 cm³/mol. The zero-order valence-corrected chi connectivity index (χ0v) is 8.98. The van der Waals surface area contributed by atoms with E-state index in [2.05, 4.69) is 15.9 Å². The number of benzene rings is 1. The largest absolute Gasteiger partial charge is 0.323 e. The first-order chi connectivity index (χ1) is 6.35. The van der Waals surface area contributed by atoms with Gasteiger partial charge in [-0.3, -0.25) is 0 Å². The average Bonchev–Trinajstić information content (AvgIpc) is 2.08. The van der Waals surface area contributed by atoms with Gasteiger partial charge in [-0.05, 0) is 25.1 Å². The molecule has 5 heteroatoms. The van der Waals surface area contributed by atoms with Crippen LogP contribution in [0.15, 0.2) is 22.7 Å². The van der Waals surface area contributed by atoms with Crippen LogP contribution in [0, 0.1) is 5.82 Å². The molecule has 0 heterocycles. The first-order valence-electron chi connectivity index (χ1n) is 3.94. The number of hydrogen-bond donors (Lipinski definition) is 1. The van der Waals surface area contributed by atoms with Crippen molar-refractivity contribution in [3.05, 3.63) is 34.1 Å². The van der Waals surface area contributed by atoms with Gasteiger partial charge in [0.15, 0.2) is 0 Å². The van der Waals surface area contributed by atoms with Crippen molar-refractivity contribution in [1.82, 2.24) is 0 Å². The third-order valence-corrected chi connectivity index (χ3v) is 2.55. The fourth-order valence-electron chi connectivity index (χ4n) is 0.998. The van der Waals surface area contributed by atoms with Gasteiger partial charge in [0.05, 0.1) is 6.04 Å². The maximum absolute atomic E-state index is 13.4. The van der Waals surface area contributed by atoms with Gasteiger partial charge < -0.3 is 5.73 Å². The van der Waals surface area contributed by atoms with Crippen LogP contribution in [0.1, 0.15) is 12.5 Å². The Balaban J connectivity index is 3.24. The van der Waals surface area contributed by atoms with E-state index in [9.17, 15) is 13.2 Å². The van der Waals surface area contributed by atoms with E-state index in [1.54, 1.807) is 0 Å². The van der Waals surface area contributed by atoms with Crippen molar-refractivity contribution in [1.29, 1.82) is 0 Å². The number of hydrogen-bond acceptors (Lipinski definition) is 1. The van der Waals surface area contributed by atoms with Gasteiger partial charge in [-0.1, -0.05) is 15.9 Å². The second-order valence-electron chi connectivity index (χ2n) is 3.04. The van der Waals surface area contributed by atoms with Crippen molar-refractivity contribution in [2.75, 3.05) is 0 Å². The second-order valence-corrected chi connectivity index (χ2v) is 3.89. The van der Waals surface area contributed by atoms with E-state index in [0.717, 1.165) is 12.1 Å². The molecule has 0 radical (unpaired) electrons. The summed E-state index contributed by atoms with van der Waals surface area (Å²) in [4.78, 5) is 0. The molecule has 1 aromatic carbocycles. The molecule has 0 aliphatic rings. The first-order valence-corrected chi connectivity index (χ1v) is 4.74. The molecule has 1 aromatic rings. The van der Waals surface area contributed by atoms with Crippen LogP contribution in [-0.2, 0) is 5.92 Å². The van der Waals surface area contributed by atoms with E-state index >= 15 is 0 Å². The zero-order chi connectivity index (χ0) is 10.9. The van der Waals surface area contributed by atoms with Gasteiger partial charge in [0, 0.05) is 10.0 Å². The van der Waals surface area contributed by atoms with Crippen molar-refractivity contribution in [3.8, 4) is 0 Å². The highest BCUT2D eigenvalue weighted by Crippen LogP contribution is 2.35. The molecule has 0 spiro atoms. The molecule has 1 unspecified atom stereocenters. The summed E-state index contributed by atoms with van der Waals surface area (Å²) >= 11 is 2.93. The number of nitrogens with two attached hydrogens (primary N) is 1. The Kier molecular flexibility index (Phi) is 3.21. The summed E-state index contributed by atoms with van der Waals surface area (Å²) in [5.41, 5.74) is 4.70. The smallest absolute Gasteiger partial charge is 0.288 e. The quantitative estimate of drug-likeness (QED) is 0.876. The molecule has 1 rings (SSSR count). The average molecular weight is 268 g/mol. The lowest BCUT2D eigenvalue weighted by Gasteiger charge is -2.21. The molecule has 1 atom stereocenters. The third kappa shape index (κ3) is 2.09. The molecule has 0 aliphatic carbocycles. The van der Waals surface area contributed by atoms with Gasteiger partial charge in [0.1, 0.15) is 5.82 Å². The third-order valence-electron chi connectivity index (χ3n) is 1.86. The van der Waals surface area contributed by atoms with Gasteiger partial charge in [-0.25, -0.2) is 4.39 Å². The first kappa shape index (κ1) is 11.5. The lowest BCUT2D eigenvalue weighted by atomic mass is 10.0. The summed E-state index contributed by atoms with van der Waals surface area (Å²) in [5.74, 6) is -3.94. The molecule has 0 aliphatic heterocycles. The Bertz CT molecular complexity index is 339. The summed E-state index contributed by atoms with van der Waals surface area (Å²) in [6.45, 7) is 1.18.